The lowest BCUT2D eigenvalue weighted by Gasteiger charge is -2.11. The van der Waals surface area contributed by atoms with Crippen molar-refractivity contribution in [1.29, 1.82) is 0 Å². The molecule has 0 unspecified atom stereocenters. The van der Waals surface area contributed by atoms with E-state index < -0.39 is 0 Å². The summed E-state index contributed by atoms with van der Waals surface area (Å²) in [7, 11) is 0. The molecular weight excluding hydrogens is 368 g/mol. The number of amides is 1. The molecule has 0 saturated carbocycles. The van der Waals surface area contributed by atoms with Gasteiger partial charge in [0.25, 0.3) is 5.91 Å². The van der Waals surface area contributed by atoms with E-state index in [2.05, 4.69) is 20.6 Å². The molecule has 5 rings (SSSR count). The molecule has 152 valence electrons. The van der Waals surface area contributed by atoms with Crippen LogP contribution in [0.4, 0.5) is 0 Å². The number of hydrogen-bond acceptors (Lipinski definition) is 6. The van der Waals surface area contributed by atoms with Gasteiger partial charge in [0.15, 0.2) is 5.65 Å². The Morgan fingerprint density at radius 2 is 2.17 bits per heavy atom. The van der Waals surface area contributed by atoms with Gasteiger partial charge in [-0.25, -0.2) is 14.6 Å². The Kier molecular flexibility index (Phi) is 4.79. The third-order valence-electron chi connectivity index (χ3n) is 6.03. The van der Waals surface area contributed by atoms with Gasteiger partial charge in [-0.2, -0.15) is 5.10 Å². The first-order valence-electron chi connectivity index (χ1n) is 10.5. The maximum absolute atomic E-state index is 12.8. The highest BCUT2D eigenvalue weighted by Gasteiger charge is 2.26. The molecule has 1 fully saturated rings. The van der Waals surface area contributed by atoms with Gasteiger partial charge >= 0.3 is 0 Å². The number of aryl methyl sites for hydroxylation is 2. The smallest absolute Gasteiger partial charge is 0.255 e. The molecule has 2 aliphatic rings. The number of hydrogen-bond donors (Lipinski definition) is 2. The topological polar surface area (TPSA) is 97.9 Å². The van der Waals surface area contributed by atoms with E-state index in [0.717, 1.165) is 84.7 Å². The van der Waals surface area contributed by atoms with E-state index in [1.54, 1.807) is 12.4 Å². The lowest BCUT2D eigenvalue weighted by molar-refractivity contribution is 0.0949. The van der Waals surface area contributed by atoms with Gasteiger partial charge < -0.3 is 15.1 Å². The fourth-order valence-corrected chi connectivity index (χ4v) is 4.61. The average molecular weight is 394 g/mol. The first kappa shape index (κ1) is 18.3. The molecular formula is C21H26N6O2. The third-order valence-corrected chi connectivity index (χ3v) is 6.03. The van der Waals surface area contributed by atoms with Gasteiger partial charge in [0.2, 0.25) is 0 Å². The molecule has 0 radical (unpaired) electrons. The lowest BCUT2D eigenvalue weighted by Crippen LogP contribution is -2.28. The molecule has 1 atom stereocenters. The van der Waals surface area contributed by atoms with Crippen LogP contribution in [-0.4, -0.2) is 45.3 Å². The standard InChI is InChI=1S/C21H26N6O2/c1-13-17(15-4-2-3-5-16(15)29-13)21(28)25-10-11-27-20-19(23-8-9-24-20)18(26-27)14-6-7-22-12-14/h8-9,14,22H,2-7,10-12H2,1H3,(H,25,28)/t14-/m0/s1. The van der Waals surface area contributed by atoms with E-state index in [9.17, 15) is 4.79 Å². The summed E-state index contributed by atoms with van der Waals surface area (Å²) in [6.07, 6.45) is 8.57. The number of nitrogens with one attached hydrogen (secondary N) is 2. The quantitative estimate of drug-likeness (QED) is 0.688. The number of carbonyl (C=O) groups is 1. The van der Waals surface area contributed by atoms with E-state index >= 15 is 0 Å². The van der Waals surface area contributed by atoms with Crippen LogP contribution >= 0.6 is 0 Å². The van der Waals surface area contributed by atoms with E-state index in [0.29, 0.717) is 19.0 Å². The molecule has 1 aliphatic carbocycles. The monoisotopic (exact) mass is 394 g/mol. The second-order valence-corrected chi connectivity index (χ2v) is 7.92. The Bertz CT molecular complexity index is 1050. The zero-order valence-electron chi connectivity index (χ0n) is 16.7. The van der Waals surface area contributed by atoms with E-state index in [-0.39, 0.29) is 5.91 Å². The minimum absolute atomic E-state index is 0.0582. The molecule has 2 N–H and O–H groups in total. The summed E-state index contributed by atoms with van der Waals surface area (Å²) in [5.74, 6) is 2.02. The van der Waals surface area contributed by atoms with Crippen molar-refractivity contribution in [2.45, 2.75) is 51.5 Å². The molecule has 3 aromatic heterocycles. The lowest BCUT2D eigenvalue weighted by atomic mass is 9.94. The third kappa shape index (κ3) is 3.31. The van der Waals surface area contributed by atoms with E-state index in [4.69, 9.17) is 9.52 Å². The maximum atomic E-state index is 12.8. The molecule has 29 heavy (non-hydrogen) atoms. The van der Waals surface area contributed by atoms with Crippen molar-refractivity contribution in [3.05, 3.63) is 40.7 Å². The fraction of sp³-hybridized carbons (Fsp3) is 0.524. The molecule has 4 heterocycles. The minimum Gasteiger partial charge on any atom is -0.465 e. The van der Waals surface area contributed by atoms with Crippen molar-refractivity contribution in [2.75, 3.05) is 19.6 Å². The van der Waals surface area contributed by atoms with E-state index in [1.165, 1.54) is 0 Å². The summed E-state index contributed by atoms with van der Waals surface area (Å²) in [5, 5.41) is 11.2. The molecule has 8 heteroatoms. The van der Waals surface area contributed by atoms with Crippen LogP contribution in [-0.2, 0) is 19.4 Å². The van der Waals surface area contributed by atoms with Crippen molar-refractivity contribution in [2.24, 2.45) is 0 Å². The van der Waals surface area contributed by atoms with Crippen LogP contribution in [0.25, 0.3) is 11.2 Å². The second kappa shape index (κ2) is 7.59. The van der Waals surface area contributed by atoms with E-state index in [1.807, 2.05) is 11.6 Å². The Morgan fingerprint density at radius 3 is 3.03 bits per heavy atom. The van der Waals surface area contributed by atoms with Gasteiger partial charge in [-0.15, -0.1) is 0 Å². The maximum Gasteiger partial charge on any atom is 0.255 e. The second-order valence-electron chi connectivity index (χ2n) is 7.92. The summed E-state index contributed by atoms with van der Waals surface area (Å²) in [6, 6.07) is 0. The Morgan fingerprint density at radius 1 is 1.31 bits per heavy atom. The first-order valence-corrected chi connectivity index (χ1v) is 10.5. The van der Waals surface area contributed by atoms with Gasteiger partial charge in [0, 0.05) is 43.4 Å². The van der Waals surface area contributed by atoms with Gasteiger partial charge in [0.1, 0.15) is 17.0 Å². The van der Waals surface area contributed by atoms with Crippen LogP contribution in [0.2, 0.25) is 0 Å². The van der Waals surface area contributed by atoms with Crippen molar-refractivity contribution in [1.82, 2.24) is 30.4 Å². The molecule has 8 nitrogen and oxygen atoms in total. The highest BCUT2D eigenvalue weighted by Crippen LogP contribution is 2.29. The molecule has 0 aromatic carbocycles. The Labute approximate surface area is 169 Å². The number of rotatable bonds is 5. The molecule has 1 amide bonds. The molecule has 0 bridgehead atoms. The highest BCUT2D eigenvalue weighted by molar-refractivity contribution is 5.97. The highest BCUT2D eigenvalue weighted by atomic mass is 16.3. The molecule has 0 spiro atoms. The van der Waals surface area contributed by atoms with Crippen molar-refractivity contribution >= 4 is 17.1 Å². The van der Waals surface area contributed by atoms with Crippen LogP contribution < -0.4 is 10.6 Å². The minimum atomic E-state index is -0.0582. The number of furan rings is 1. The molecule has 1 saturated heterocycles. The molecule has 3 aromatic rings. The zero-order chi connectivity index (χ0) is 19.8. The fourth-order valence-electron chi connectivity index (χ4n) is 4.61. The number of carbonyl (C=O) groups excluding carboxylic acids is 1. The summed E-state index contributed by atoms with van der Waals surface area (Å²) in [4.78, 5) is 21.8. The molecule has 1 aliphatic heterocycles. The summed E-state index contributed by atoms with van der Waals surface area (Å²) in [5.41, 5.74) is 4.47. The van der Waals surface area contributed by atoms with Crippen LogP contribution in [0.15, 0.2) is 16.8 Å². The summed E-state index contributed by atoms with van der Waals surface area (Å²) in [6.45, 7) is 4.84. The zero-order valence-corrected chi connectivity index (χ0v) is 16.7. The van der Waals surface area contributed by atoms with Gasteiger partial charge in [-0.3, -0.25) is 4.79 Å². The summed E-state index contributed by atoms with van der Waals surface area (Å²) < 4.78 is 7.71. The number of nitrogens with zero attached hydrogens (tertiary/aromatic N) is 4. The van der Waals surface area contributed by atoms with Crippen molar-refractivity contribution < 1.29 is 9.21 Å². The van der Waals surface area contributed by atoms with Gasteiger partial charge in [-0.1, -0.05) is 0 Å². The van der Waals surface area contributed by atoms with Crippen LogP contribution in [0.5, 0.6) is 0 Å². The van der Waals surface area contributed by atoms with Crippen LogP contribution in [0.1, 0.15) is 58.3 Å². The van der Waals surface area contributed by atoms with Crippen LogP contribution in [0.3, 0.4) is 0 Å². The largest absolute Gasteiger partial charge is 0.465 e. The normalized spacial score (nSPS) is 18.9. The van der Waals surface area contributed by atoms with Crippen LogP contribution in [0, 0.1) is 6.92 Å². The summed E-state index contributed by atoms with van der Waals surface area (Å²) >= 11 is 0. The number of fused-ring (bicyclic) bond motifs is 2. The average Bonchev–Trinajstić information content (AvgIpc) is 3.44. The first-order chi connectivity index (χ1) is 14.2. The predicted octanol–water partition coefficient (Wildman–Crippen LogP) is 2.11. The Balaban J connectivity index is 1.32. The van der Waals surface area contributed by atoms with Crippen molar-refractivity contribution in [3.63, 3.8) is 0 Å². The SMILES string of the molecule is Cc1oc2c(c1C(=O)NCCn1nc([C@H]3CCNC3)c3nccnc31)CCCC2. The number of aromatic nitrogens is 4. The predicted molar refractivity (Wildman–Crippen MR) is 108 cm³/mol. The van der Waals surface area contributed by atoms with Crippen molar-refractivity contribution in [3.8, 4) is 0 Å². The van der Waals surface area contributed by atoms with Gasteiger partial charge in [-0.05, 0) is 39.2 Å². The Hall–Kier alpha value is -2.74. The van der Waals surface area contributed by atoms with Gasteiger partial charge in [0.05, 0.1) is 17.8 Å².